The van der Waals surface area contributed by atoms with E-state index in [-0.39, 0.29) is 0 Å². The van der Waals surface area contributed by atoms with Gasteiger partial charge in [-0.05, 0) is 43.3 Å². The Morgan fingerprint density at radius 2 is 1.82 bits per heavy atom. The molecule has 0 bridgehead atoms. The Kier molecular flexibility index (Phi) is 3.71. The van der Waals surface area contributed by atoms with Crippen LogP contribution in [0.5, 0.6) is 0 Å². The van der Waals surface area contributed by atoms with Crippen LogP contribution in [0.1, 0.15) is 24.3 Å². The van der Waals surface area contributed by atoms with Gasteiger partial charge in [-0.3, -0.25) is 4.98 Å². The number of hydrogen-bond donors (Lipinski definition) is 1. The lowest BCUT2D eigenvalue weighted by Gasteiger charge is -2.04. The Bertz CT molecular complexity index is 482. The van der Waals surface area contributed by atoms with Gasteiger partial charge in [0.15, 0.2) is 5.16 Å². The molecule has 1 unspecified atom stereocenters. The SMILES string of the molecule is Cc1cnc(Sc2ccc(C(C)O)nc2)nc1. The van der Waals surface area contributed by atoms with Crippen LogP contribution in [0.25, 0.3) is 0 Å². The summed E-state index contributed by atoms with van der Waals surface area (Å²) in [6.45, 7) is 3.64. The number of pyridine rings is 1. The number of rotatable bonds is 3. The number of nitrogens with zero attached hydrogens (tertiary/aromatic N) is 3. The molecule has 2 heterocycles. The van der Waals surface area contributed by atoms with Crippen LogP contribution in [0.2, 0.25) is 0 Å². The Balaban J connectivity index is 2.11. The van der Waals surface area contributed by atoms with Gasteiger partial charge in [0.2, 0.25) is 0 Å². The summed E-state index contributed by atoms with van der Waals surface area (Å²) in [7, 11) is 0. The maximum Gasteiger partial charge on any atom is 0.192 e. The van der Waals surface area contributed by atoms with E-state index >= 15 is 0 Å². The van der Waals surface area contributed by atoms with Gasteiger partial charge in [-0.15, -0.1) is 0 Å². The summed E-state index contributed by atoms with van der Waals surface area (Å²) in [6, 6.07) is 3.71. The summed E-state index contributed by atoms with van der Waals surface area (Å²) in [4.78, 5) is 13.5. The van der Waals surface area contributed by atoms with E-state index in [0.717, 1.165) is 10.5 Å². The quantitative estimate of drug-likeness (QED) is 0.844. The molecule has 0 saturated heterocycles. The number of aromatic nitrogens is 3. The Morgan fingerprint density at radius 1 is 1.12 bits per heavy atom. The van der Waals surface area contributed by atoms with E-state index in [0.29, 0.717) is 10.9 Å². The van der Waals surface area contributed by atoms with Crippen LogP contribution in [-0.4, -0.2) is 20.1 Å². The lowest BCUT2D eigenvalue weighted by atomic mass is 10.2. The van der Waals surface area contributed by atoms with Crippen molar-refractivity contribution < 1.29 is 5.11 Å². The van der Waals surface area contributed by atoms with E-state index in [9.17, 15) is 5.11 Å². The van der Waals surface area contributed by atoms with E-state index in [4.69, 9.17) is 0 Å². The first-order valence-corrected chi connectivity index (χ1v) is 6.07. The molecule has 0 aliphatic rings. The van der Waals surface area contributed by atoms with E-state index < -0.39 is 6.10 Å². The van der Waals surface area contributed by atoms with Crippen molar-refractivity contribution in [3.05, 3.63) is 42.0 Å². The minimum atomic E-state index is -0.537. The minimum absolute atomic E-state index is 0.537. The summed E-state index contributed by atoms with van der Waals surface area (Å²) < 4.78 is 0. The second-order valence-corrected chi connectivity index (χ2v) is 4.78. The zero-order valence-corrected chi connectivity index (χ0v) is 10.5. The maximum absolute atomic E-state index is 9.34. The first kappa shape index (κ1) is 12.0. The van der Waals surface area contributed by atoms with E-state index in [1.165, 1.54) is 11.8 Å². The highest BCUT2D eigenvalue weighted by atomic mass is 32.2. The average Bonchev–Trinajstić information content (AvgIpc) is 2.33. The summed E-state index contributed by atoms with van der Waals surface area (Å²) in [5, 5.41) is 10.0. The molecular formula is C12H13N3OS. The van der Waals surface area contributed by atoms with Crippen LogP contribution >= 0.6 is 11.8 Å². The zero-order valence-electron chi connectivity index (χ0n) is 9.66. The molecule has 1 N–H and O–H groups in total. The molecule has 17 heavy (non-hydrogen) atoms. The molecular weight excluding hydrogens is 234 g/mol. The summed E-state index contributed by atoms with van der Waals surface area (Å²) >= 11 is 1.45. The molecule has 0 aliphatic carbocycles. The molecule has 2 aromatic rings. The van der Waals surface area contributed by atoms with Gasteiger partial charge in [-0.2, -0.15) is 0 Å². The van der Waals surface area contributed by atoms with Crippen molar-refractivity contribution in [2.75, 3.05) is 0 Å². The van der Waals surface area contributed by atoms with Crippen LogP contribution < -0.4 is 0 Å². The van der Waals surface area contributed by atoms with E-state index in [1.807, 2.05) is 13.0 Å². The lowest BCUT2D eigenvalue weighted by Crippen LogP contribution is -1.94. The largest absolute Gasteiger partial charge is 0.387 e. The fourth-order valence-electron chi connectivity index (χ4n) is 1.24. The fraction of sp³-hybridized carbons (Fsp3) is 0.250. The van der Waals surface area contributed by atoms with Crippen molar-refractivity contribution in [1.82, 2.24) is 15.0 Å². The van der Waals surface area contributed by atoms with Gasteiger partial charge in [0, 0.05) is 23.5 Å². The highest BCUT2D eigenvalue weighted by Gasteiger charge is 2.04. The van der Waals surface area contributed by atoms with Crippen LogP contribution in [-0.2, 0) is 0 Å². The summed E-state index contributed by atoms with van der Waals surface area (Å²) in [6.07, 6.45) is 4.75. The fourth-order valence-corrected chi connectivity index (χ4v) is 1.90. The molecule has 0 saturated carbocycles. The monoisotopic (exact) mass is 247 g/mol. The van der Waals surface area contributed by atoms with Crippen molar-refractivity contribution in [1.29, 1.82) is 0 Å². The van der Waals surface area contributed by atoms with Gasteiger partial charge in [0.05, 0.1) is 11.8 Å². The summed E-state index contributed by atoms with van der Waals surface area (Å²) in [5.41, 5.74) is 1.70. The molecule has 88 valence electrons. The number of aliphatic hydroxyl groups is 1. The molecule has 0 aliphatic heterocycles. The normalized spacial score (nSPS) is 12.4. The standard InChI is InChI=1S/C12H13N3OS/c1-8-5-14-12(15-6-8)17-10-3-4-11(9(2)16)13-7-10/h3-7,9,16H,1-2H3. The molecule has 0 fully saturated rings. The number of aliphatic hydroxyl groups excluding tert-OH is 1. The van der Waals surface area contributed by atoms with Gasteiger partial charge in [-0.25, -0.2) is 9.97 Å². The molecule has 0 aromatic carbocycles. The van der Waals surface area contributed by atoms with Crippen molar-refractivity contribution in [2.24, 2.45) is 0 Å². The predicted molar refractivity (Wildman–Crippen MR) is 65.8 cm³/mol. The smallest absolute Gasteiger partial charge is 0.192 e. The molecule has 5 heteroatoms. The molecule has 0 spiro atoms. The van der Waals surface area contributed by atoms with Crippen molar-refractivity contribution >= 4 is 11.8 Å². The third-order valence-electron chi connectivity index (χ3n) is 2.15. The van der Waals surface area contributed by atoms with E-state index in [2.05, 4.69) is 15.0 Å². The molecule has 0 radical (unpaired) electrons. The van der Waals surface area contributed by atoms with Crippen LogP contribution in [0.3, 0.4) is 0 Å². The van der Waals surface area contributed by atoms with Gasteiger partial charge < -0.3 is 5.11 Å². The molecule has 1 atom stereocenters. The van der Waals surface area contributed by atoms with Gasteiger partial charge in [0.1, 0.15) is 0 Å². The van der Waals surface area contributed by atoms with Crippen LogP contribution in [0, 0.1) is 6.92 Å². The van der Waals surface area contributed by atoms with Gasteiger partial charge in [-0.1, -0.05) is 0 Å². The second kappa shape index (κ2) is 5.25. The molecule has 4 nitrogen and oxygen atoms in total. The van der Waals surface area contributed by atoms with Gasteiger partial charge in [0.25, 0.3) is 0 Å². The Morgan fingerprint density at radius 3 is 2.35 bits per heavy atom. The third kappa shape index (κ3) is 3.25. The average molecular weight is 247 g/mol. The van der Waals surface area contributed by atoms with Crippen molar-refractivity contribution in [2.45, 2.75) is 30.0 Å². The first-order chi connectivity index (χ1) is 8.15. The minimum Gasteiger partial charge on any atom is -0.387 e. The first-order valence-electron chi connectivity index (χ1n) is 5.25. The highest BCUT2D eigenvalue weighted by Crippen LogP contribution is 2.24. The molecule has 2 rings (SSSR count). The highest BCUT2D eigenvalue weighted by molar-refractivity contribution is 7.99. The maximum atomic E-state index is 9.34. The zero-order chi connectivity index (χ0) is 12.3. The topological polar surface area (TPSA) is 58.9 Å². The lowest BCUT2D eigenvalue weighted by molar-refractivity contribution is 0.194. The third-order valence-corrected chi connectivity index (χ3v) is 3.02. The van der Waals surface area contributed by atoms with Crippen LogP contribution in [0.4, 0.5) is 0 Å². The number of aryl methyl sites for hydroxylation is 1. The Labute approximate surface area is 104 Å². The van der Waals surface area contributed by atoms with Gasteiger partial charge >= 0.3 is 0 Å². The van der Waals surface area contributed by atoms with Crippen molar-refractivity contribution in [3.63, 3.8) is 0 Å². The van der Waals surface area contributed by atoms with Crippen molar-refractivity contribution in [3.8, 4) is 0 Å². The van der Waals surface area contributed by atoms with Crippen LogP contribution in [0.15, 0.2) is 40.8 Å². The molecule has 2 aromatic heterocycles. The number of hydrogen-bond acceptors (Lipinski definition) is 5. The summed E-state index contributed by atoms with van der Waals surface area (Å²) in [5.74, 6) is 0. The molecule has 0 amide bonds. The second-order valence-electron chi connectivity index (χ2n) is 3.74. The van der Waals surface area contributed by atoms with E-state index in [1.54, 1.807) is 31.6 Å². The Hall–Kier alpha value is -1.46. The predicted octanol–water partition coefficient (Wildman–Crippen LogP) is 2.38.